The van der Waals surface area contributed by atoms with Crippen LogP contribution in [0.5, 0.6) is 0 Å². The molecule has 0 unspecified atom stereocenters. The van der Waals surface area contributed by atoms with Crippen molar-refractivity contribution in [2.45, 2.75) is 52.4 Å². The average Bonchev–Trinajstić information content (AvgIpc) is 3.17. The molecule has 0 saturated heterocycles. The number of aromatic amines is 1. The van der Waals surface area contributed by atoms with E-state index in [0.717, 1.165) is 11.4 Å². The molecule has 0 aliphatic carbocycles. The summed E-state index contributed by atoms with van der Waals surface area (Å²) >= 11 is 0. The molecule has 2 nitrogen and oxygen atoms in total. The molecule has 4 aromatic carbocycles. The van der Waals surface area contributed by atoms with Gasteiger partial charge < -0.3 is 10.3 Å². The first-order valence-electron chi connectivity index (χ1n) is 12.0. The van der Waals surface area contributed by atoms with Gasteiger partial charge in [-0.25, -0.2) is 0 Å². The SMILES string of the molecule is CC(C)(C)c1ccc2[nH]c3ccc(C(C)(C)C)cc3c2c1.c1ccc(Nc2ccccc2)cc1. The Balaban J connectivity index is 0.000000180. The van der Waals surface area contributed by atoms with E-state index in [4.69, 9.17) is 0 Å². The van der Waals surface area contributed by atoms with E-state index in [1.807, 2.05) is 60.7 Å². The minimum Gasteiger partial charge on any atom is -0.356 e. The number of fused-ring (bicyclic) bond motifs is 3. The van der Waals surface area contributed by atoms with Gasteiger partial charge in [-0.1, -0.05) is 90.1 Å². The second-order valence-electron chi connectivity index (χ2n) is 11.0. The van der Waals surface area contributed by atoms with Crippen molar-refractivity contribution in [3.63, 3.8) is 0 Å². The first-order valence-corrected chi connectivity index (χ1v) is 12.0. The first-order chi connectivity index (χ1) is 16.1. The molecule has 0 amide bonds. The Morgan fingerprint density at radius 3 is 1.24 bits per heavy atom. The Morgan fingerprint density at radius 2 is 0.882 bits per heavy atom. The van der Waals surface area contributed by atoms with Gasteiger partial charge in [0.15, 0.2) is 0 Å². The molecule has 1 heterocycles. The van der Waals surface area contributed by atoms with E-state index < -0.39 is 0 Å². The van der Waals surface area contributed by atoms with E-state index in [1.165, 1.54) is 32.9 Å². The van der Waals surface area contributed by atoms with Crippen molar-refractivity contribution < 1.29 is 0 Å². The summed E-state index contributed by atoms with van der Waals surface area (Å²) in [5, 5.41) is 5.98. The molecule has 1 aromatic heterocycles. The van der Waals surface area contributed by atoms with E-state index in [-0.39, 0.29) is 10.8 Å². The van der Waals surface area contributed by atoms with Crippen LogP contribution in [0.15, 0.2) is 97.1 Å². The minimum atomic E-state index is 0.180. The van der Waals surface area contributed by atoms with Crippen LogP contribution in [0.4, 0.5) is 11.4 Å². The van der Waals surface area contributed by atoms with Crippen LogP contribution in [0.25, 0.3) is 21.8 Å². The zero-order valence-corrected chi connectivity index (χ0v) is 21.2. The molecule has 5 rings (SSSR count). The maximum absolute atomic E-state index is 3.54. The van der Waals surface area contributed by atoms with Gasteiger partial charge in [0, 0.05) is 33.2 Å². The number of nitrogens with one attached hydrogen (secondary N) is 2. The Labute approximate surface area is 204 Å². The van der Waals surface area contributed by atoms with Crippen molar-refractivity contribution >= 4 is 33.2 Å². The third kappa shape index (κ3) is 5.51. The zero-order chi connectivity index (χ0) is 24.3. The molecule has 0 aliphatic heterocycles. The van der Waals surface area contributed by atoms with Gasteiger partial charge in [0.1, 0.15) is 0 Å². The van der Waals surface area contributed by atoms with Gasteiger partial charge in [-0.3, -0.25) is 0 Å². The summed E-state index contributed by atoms with van der Waals surface area (Å²) in [4.78, 5) is 3.54. The van der Waals surface area contributed by atoms with Crippen LogP contribution in [0.3, 0.4) is 0 Å². The molecule has 2 heteroatoms. The van der Waals surface area contributed by atoms with Gasteiger partial charge in [0.25, 0.3) is 0 Å². The summed E-state index contributed by atoms with van der Waals surface area (Å²) in [6, 6.07) is 33.9. The lowest BCUT2D eigenvalue weighted by Crippen LogP contribution is -2.10. The number of hydrogen-bond donors (Lipinski definition) is 2. The van der Waals surface area contributed by atoms with E-state index in [1.54, 1.807) is 0 Å². The fourth-order valence-corrected chi connectivity index (χ4v) is 4.04. The lowest BCUT2D eigenvalue weighted by molar-refractivity contribution is 0.590. The third-order valence-corrected chi connectivity index (χ3v) is 6.17. The summed E-state index contributed by atoms with van der Waals surface area (Å²) in [7, 11) is 0. The van der Waals surface area contributed by atoms with Gasteiger partial charge in [0.2, 0.25) is 0 Å². The molecule has 5 aromatic rings. The molecular formula is C32H36N2. The predicted octanol–water partition coefficient (Wildman–Crippen LogP) is 9.35. The van der Waals surface area contributed by atoms with Crippen LogP contribution in [0.1, 0.15) is 52.7 Å². The van der Waals surface area contributed by atoms with Gasteiger partial charge in [0.05, 0.1) is 0 Å². The molecule has 0 radical (unpaired) electrons. The molecule has 2 N–H and O–H groups in total. The monoisotopic (exact) mass is 448 g/mol. The van der Waals surface area contributed by atoms with Gasteiger partial charge >= 0.3 is 0 Å². The first kappa shape index (κ1) is 23.6. The molecule has 0 fully saturated rings. The van der Waals surface area contributed by atoms with Crippen LogP contribution in [-0.4, -0.2) is 4.98 Å². The van der Waals surface area contributed by atoms with E-state index >= 15 is 0 Å². The summed E-state index contributed by atoms with van der Waals surface area (Å²) < 4.78 is 0. The number of H-pyrrole nitrogens is 1. The van der Waals surface area contributed by atoms with Crippen LogP contribution < -0.4 is 5.32 Å². The second kappa shape index (κ2) is 9.38. The summed E-state index contributed by atoms with van der Waals surface area (Å²) in [6.07, 6.45) is 0. The van der Waals surface area contributed by atoms with Gasteiger partial charge in [-0.2, -0.15) is 0 Å². The maximum Gasteiger partial charge on any atom is 0.0465 e. The number of hydrogen-bond acceptors (Lipinski definition) is 1. The van der Waals surface area contributed by atoms with Crippen molar-refractivity contribution in [2.24, 2.45) is 0 Å². The minimum absolute atomic E-state index is 0.180. The highest BCUT2D eigenvalue weighted by molar-refractivity contribution is 6.07. The lowest BCUT2D eigenvalue weighted by atomic mass is 9.85. The topological polar surface area (TPSA) is 27.8 Å². The Kier molecular flexibility index (Phi) is 6.52. The summed E-state index contributed by atoms with van der Waals surface area (Å²) in [6.45, 7) is 13.6. The molecule has 0 saturated carbocycles. The smallest absolute Gasteiger partial charge is 0.0465 e. The van der Waals surface area contributed by atoms with E-state index in [2.05, 4.69) is 88.2 Å². The highest BCUT2D eigenvalue weighted by atomic mass is 14.9. The Bertz CT molecular complexity index is 1260. The normalized spacial score (nSPS) is 11.8. The van der Waals surface area contributed by atoms with Crippen molar-refractivity contribution in [2.75, 3.05) is 5.32 Å². The molecular weight excluding hydrogens is 412 g/mol. The van der Waals surface area contributed by atoms with Crippen molar-refractivity contribution in [1.29, 1.82) is 0 Å². The molecule has 34 heavy (non-hydrogen) atoms. The third-order valence-electron chi connectivity index (χ3n) is 6.17. The molecule has 0 atom stereocenters. The number of para-hydroxylation sites is 2. The number of rotatable bonds is 2. The summed E-state index contributed by atoms with van der Waals surface area (Å²) in [5.41, 5.74) is 7.82. The second-order valence-corrected chi connectivity index (χ2v) is 11.0. The van der Waals surface area contributed by atoms with Crippen molar-refractivity contribution in [1.82, 2.24) is 4.98 Å². The number of benzene rings is 4. The standard InChI is InChI=1S/C20H25N.C12H11N/c1-19(2,3)13-7-9-17-15(11-13)16-12-14(20(4,5)6)8-10-18(16)21-17;1-3-7-11(8-4-1)13-12-9-5-2-6-10-12/h7-12,21H,1-6H3;1-10,13H. The van der Waals surface area contributed by atoms with Crippen LogP contribution in [-0.2, 0) is 10.8 Å². The quantitative estimate of drug-likeness (QED) is 0.276. The Morgan fingerprint density at radius 1 is 0.500 bits per heavy atom. The molecule has 174 valence electrons. The lowest BCUT2D eigenvalue weighted by Gasteiger charge is -2.19. The van der Waals surface area contributed by atoms with E-state index in [0.29, 0.717) is 0 Å². The zero-order valence-electron chi connectivity index (χ0n) is 21.2. The summed E-state index contributed by atoms with van der Waals surface area (Å²) in [5.74, 6) is 0. The largest absolute Gasteiger partial charge is 0.356 e. The Hall–Kier alpha value is -3.52. The van der Waals surface area contributed by atoms with Gasteiger partial charge in [-0.15, -0.1) is 0 Å². The van der Waals surface area contributed by atoms with Crippen LogP contribution >= 0.6 is 0 Å². The number of anilines is 2. The highest BCUT2D eigenvalue weighted by Crippen LogP contribution is 2.33. The number of aromatic nitrogens is 1. The molecule has 0 bridgehead atoms. The van der Waals surface area contributed by atoms with Crippen molar-refractivity contribution in [3.05, 3.63) is 108 Å². The predicted molar refractivity (Wildman–Crippen MR) is 149 cm³/mol. The maximum atomic E-state index is 3.54. The highest BCUT2D eigenvalue weighted by Gasteiger charge is 2.17. The fourth-order valence-electron chi connectivity index (χ4n) is 4.04. The molecule has 0 aliphatic rings. The van der Waals surface area contributed by atoms with E-state index in [9.17, 15) is 0 Å². The van der Waals surface area contributed by atoms with Crippen LogP contribution in [0.2, 0.25) is 0 Å². The average molecular weight is 449 g/mol. The van der Waals surface area contributed by atoms with Crippen molar-refractivity contribution in [3.8, 4) is 0 Å². The van der Waals surface area contributed by atoms with Crippen LogP contribution in [0, 0.1) is 0 Å². The fraction of sp³-hybridized carbons (Fsp3) is 0.250. The van der Waals surface area contributed by atoms with Gasteiger partial charge in [-0.05, 0) is 70.5 Å². The molecule has 0 spiro atoms.